The van der Waals surface area contributed by atoms with Crippen molar-refractivity contribution in [1.29, 1.82) is 0 Å². The van der Waals surface area contributed by atoms with Gasteiger partial charge in [0.25, 0.3) is 5.91 Å². The number of carbonyl (C=O) groups excluding carboxylic acids is 2. The molecule has 0 aromatic heterocycles. The number of aryl methyl sites for hydroxylation is 1. The summed E-state index contributed by atoms with van der Waals surface area (Å²) in [6, 6.07) is 11.7. The third-order valence-electron chi connectivity index (χ3n) is 3.04. The molecule has 0 aliphatic heterocycles. The Balaban J connectivity index is 2.01. The monoisotopic (exact) mass is 351 g/mol. The van der Waals surface area contributed by atoms with Crippen molar-refractivity contribution in [1.82, 2.24) is 0 Å². The molecule has 0 unspecified atom stereocenters. The molecule has 0 saturated carbocycles. The predicted octanol–water partition coefficient (Wildman–Crippen LogP) is 4.49. The lowest BCUT2D eigenvalue weighted by Gasteiger charge is -2.14. The maximum atomic E-state index is 12.1. The minimum Gasteiger partial charge on any atom is -0.449 e. The van der Waals surface area contributed by atoms with Crippen LogP contribution in [0, 0.1) is 6.92 Å². The van der Waals surface area contributed by atoms with E-state index < -0.39 is 18.0 Å². The standard InChI is InChI=1S/C17H15Cl2NO3/c1-10-4-3-5-15(6-10)20-16(21)11(2)23-17(22)12-7-13(18)9-14(19)8-12/h3-9,11H,1-2H3,(H,20,21)/t11-/m0/s1. The van der Waals surface area contributed by atoms with Gasteiger partial charge in [-0.15, -0.1) is 0 Å². The van der Waals surface area contributed by atoms with Crippen LogP contribution in [0.2, 0.25) is 10.0 Å². The topological polar surface area (TPSA) is 55.4 Å². The number of benzene rings is 2. The first-order valence-electron chi connectivity index (χ1n) is 6.90. The Kier molecular flexibility index (Phi) is 5.64. The molecular weight excluding hydrogens is 337 g/mol. The summed E-state index contributed by atoms with van der Waals surface area (Å²) in [5, 5.41) is 3.34. The fourth-order valence-corrected chi connectivity index (χ4v) is 2.45. The maximum Gasteiger partial charge on any atom is 0.339 e. The highest BCUT2D eigenvalue weighted by Crippen LogP contribution is 2.20. The van der Waals surface area contributed by atoms with Gasteiger partial charge in [0.2, 0.25) is 0 Å². The van der Waals surface area contributed by atoms with Crippen molar-refractivity contribution >= 4 is 40.8 Å². The van der Waals surface area contributed by atoms with E-state index in [1.54, 1.807) is 6.07 Å². The fourth-order valence-electron chi connectivity index (χ4n) is 1.92. The van der Waals surface area contributed by atoms with Crippen LogP contribution in [0.4, 0.5) is 5.69 Å². The molecule has 0 saturated heterocycles. The normalized spacial score (nSPS) is 11.7. The average Bonchev–Trinajstić information content (AvgIpc) is 2.46. The number of halogens is 2. The van der Waals surface area contributed by atoms with Crippen LogP contribution < -0.4 is 5.32 Å². The van der Waals surface area contributed by atoms with Crippen LogP contribution in [0.25, 0.3) is 0 Å². The molecule has 2 aromatic carbocycles. The van der Waals surface area contributed by atoms with Gasteiger partial charge < -0.3 is 10.1 Å². The van der Waals surface area contributed by atoms with Crippen LogP contribution in [0.1, 0.15) is 22.8 Å². The van der Waals surface area contributed by atoms with Gasteiger partial charge >= 0.3 is 5.97 Å². The Labute approximate surface area is 144 Å². The van der Waals surface area contributed by atoms with Gasteiger partial charge in [0.1, 0.15) is 0 Å². The van der Waals surface area contributed by atoms with E-state index in [-0.39, 0.29) is 5.56 Å². The van der Waals surface area contributed by atoms with E-state index in [1.807, 2.05) is 25.1 Å². The molecular formula is C17H15Cl2NO3. The number of amides is 1. The zero-order valence-electron chi connectivity index (χ0n) is 12.6. The van der Waals surface area contributed by atoms with Gasteiger partial charge in [-0.2, -0.15) is 0 Å². The van der Waals surface area contributed by atoms with Crippen LogP contribution in [-0.2, 0) is 9.53 Å². The van der Waals surface area contributed by atoms with Crippen molar-refractivity contribution in [2.75, 3.05) is 5.32 Å². The summed E-state index contributed by atoms with van der Waals surface area (Å²) in [5.74, 6) is -1.08. The first-order chi connectivity index (χ1) is 10.8. The Morgan fingerprint density at radius 3 is 2.35 bits per heavy atom. The van der Waals surface area contributed by atoms with Crippen LogP contribution in [0.3, 0.4) is 0 Å². The molecule has 2 aromatic rings. The number of nitrogens with one attached hydrogen (secondary N) is 1. The molecule has 0 aliphatic rings. The Morgan fingerprint density at radius 1 is 1.09 bits per heavy atom. The molecule has 0 heterocycles. The lowest BCUT2D eigenvalue weighted by molar-refractivity contribution is -0.123. The second kappa shape index (κ2) is 7.49. The quantitative estimate of drug-likeness (QED) is 0.825. The highest BCUT2D eigenvalue weighted by molar-refractivity contribution is 6.35. The van der Waals surface area contributed by atoms with Crippen LogP contribution in [0.5, 0.6) is 0 Å². The highest BCUT2D eigenvalue weighted by atomic mass is 35.5. The zero-order valence-corrected chi connectivity index (χ0v) is 14.1. The fraction of sp³-hybridized carbons (Fsp3) is 0.176. The zero-order chi connectivity index (χ0) is 17.0. The second-order valence-electron chi connectivity index (χ2n) is 5.06. The smallest absolute Gasteiger partial charge is 0.339 e. The summed E-state index contributed by atoms with van der Waals surface area (Å²) in [6.45, 7) is 3.41. The summed E-state index contributed by atoms with van der Waals surface area (Å²) in [6.07, 6.45) is -0.958. The van der Waals surface area contributed by atoms with Gasteiger partial charge in [0, 0.05) is 15.7 Å². The van der Waals surface area contributed by atoms with Gasteiger partial charge in [-0.25, -0.2) is 4.79 Å². The molecule has 120 valence electrons. The SMILES string of the molecule is Cc1cccc(NC(=O)[C@H](C)OC(=O)c2cc(Cl)cc(Cl)c2)c1. The molecule has 23 heavy (non-hydrogen) atoms. The Bertz CT molecular complexity index is 726. The van der Waals surface area contributed by atoms with Gasteiger partial charge in [0.05, 0.1) is 5.56 Å². The number of ether oxygens (including phenoxy) is 1. The minimum atomic E-state index is -0.958. The van der Waals surface area contributed by atoms with Crippen molar-refractivity contribution in [3.63, 3.8) is 0 Å². The van der Waals surface area contributed by atoms with Crippen molar-refractivity contribution in [2.24, 2.45) is 0 Å². The van der Waals surface area contributed by atoms with Crippen molar-refractivity contribution < 1.29 is 14.3 Å². The number of esters is 1. The van der Waals surface area contributed by atoms with Gasteiger partial charge in [0.15, 0.2) is 6.10 Å². The van der Waals surface area contributed by atoms with Gasteiger partial charge in [-0.3, -0.25) is 4.79 Å². The lowest BCUT2D eigenvalue weighted by Crippen LogP contribution is -2.30. The van der Waals surface area contributed by atoms with Crippen molar-refractivity contribution in [2.45, 2.75) is 20.0 Å². The molecule has 1 amide bonds. The number of carbonyl (C=O) groups is 2. The molecule has 6 heteroatoms. The molecule has 0 spiro atoms. The largest absolute Gasteiger partial charge is 0.449 e. The maximum absolute atomic E-state index is 12.1. The highest BCUT2D eigenvalue weighted by Gasteiger charge is 2.19. The average molecular weight is 352 g/mol. The third kappa shape index (κ3) is 4.98. The van der Waals surface area contributed by atoms with Crippen LogP contribution >= 0.6 is 23.2 Å². The van der Waals surface area contributed by atoms with E-state index >= 15 is 0 Å². The van der Waals surface area contributed by atoms with E-state index in [2.05, 4.69) is 5.32 Å². The molecule has 0 fully saturated rings. The molecule has 4 nitrogen and oxygen atoms in total. The number of anilines is 1. The lowest BCUT2D eigenvalue weighted by atomic mass is 10.2. The van der Waals surface area contributed by atoms with Crippen molar-refractivity contribution in [3.05, 3.63) is 63.6 Å². The first kappa shape index (κ1) is 17.3. The Hall–Kier alpha value is -2.04. The van der Waals surface area contributed by atoms with Crippen LogP contribution in [0.15, 0.2) is 42.5 Å². The predicted molar refractivity (Wildman–Crippen MR) is 91.1 cm³/mol. The molecule has 0 bridgehead atoms. The molecule has 1 N–H and O–H groups in total. The Morgan fingerprint density at radius 2 is 1.74 bits per heavy atom. The molecule has 2 rings (SSSR count). The van der Waals surface area contributed by atoms with Gasteiger partial charge in [-0.05, 0) is 49.7 Å². The summed E-state index contributed by atoms with van der Waals surface area (Å²) in [5.41, 5.74) is 1.85. The van der Waals surface area contributed by atoms with Crippen LogP contribution in [-0.4, -0.2) is 18.0 Å². The van der Waals surface area contributed by atoms with Gasteiger partial charge in [-0.1, -0.05) is 35.3 Å². The summed E-state index contributed by atoms with van der Waals surface area (Å²) in [4.78, 5) is 24.1. The van der Waals surface area contributed by atoms with E-state index in [4.69, 9.17) is 27.9 Å². The number of hydrogen-bond acceptors (Lipinski definition) is 3. The summed E-state index contributed by atoms with van der Waals surface area (Å²) < 4.78 is 5.14. The summed E-state index contributed by atoms with van der Waals surface area (Å²) in [7, 11) is 0. The van der Waals surface area contributed by atoms with E-state index in [1.165, 1.54) is 25.1 Å². The second-order valence-corrected chi connectivity index (χ2v) is 5.94. The van der Waals surface area contributed by atoms with E-state index in [0.29, 0.717) is 15.7 Å². The van der Waals surface area contributed by atoms with E-state index in [9.17, 15) is 9.59 Å². The number of rotatable bonds is 4. The first-order valence-corrected chi connectivity index (χ1v) is 7.65. The third-order valence-corrected chi connectivity index (χ3v) is 3.47. The van der Waals surface area contributed by atoms with E-state index in [0.717, 1.165) is 5.56 Å². The minimum absolute atomic E-state index is 0.192. The molecule has 1 atom stereocenters. The summed E-state index contributed by atoms with van der Waals surface area (Å²) >= 11 is 11.7. The molecule has 0 aliphatic carbocycles. The molecule has 0 radical (unpaired) electrons. The van der Waals surface area contributed by atoms with Crippen molar-refractivity contribution in [3.8, 4) is 0 Å². The number of hydrogen-bond donors (Lipinski definition) is 1.